The first-order chi connectivity index (χ1) is 15.6. The number of nitro groups is 2. The van der Waals surface area contributed by atoms with Gasteiger partial charge in [0.25, 0.3) is 17.3 Å². The fraction of sp³-hybridized carbons (Fsp3) is 0.130. The van der Waals surface area contributed by atoms with E-state index in [1.807, 2.05) is 26.0 Å². The molecule has 10 nitrogen and oxygen atoms in total. The predicted molar refractivity (Wildman–Crippen MR) is 120 cm³/mol. The maximum atomic E-state index is 12.5. The molecule has 0 aliphatic rings. The van der Waals surface area contributed by atoms with Crippen molar-refractivity contribution >= 4 is 28.9 Å². The number of carbonyl (C=O) groups excluding carboxylic acids is 2. The number of carbonyl (C=O) groups is 2. The molecule has 3 aromatic carbocycles. The molecule has 10 heteroatoms. The zero-order valence-electron chi connectivity index (χ0n) is 17.9. The molecule has 0 atom stereocenters. The summed E-state index contributed by atoms with van der Waals surface area (Å²) >= 11 is 0. The maximum absolute atomic E-state index is 12.5. The number of nitrogens with zero attached hydrogens (tertiary/aromatic N) is 2. The molecule has 3 aromatic rings. The van der Waals surface area contributed by atoms with Crippen molar-refractivity contribution in [3.63, 3.8) is 0 Å². The minimum atomic E-state index is -1.01. The summed E-state index contributed by atoms with van der Waals surface area (Å²) in [6, 6.07) is 13.1. The van der Waals surface area contributed by atoms with Crippen LogP contribution in [-0.2, 0) is 0 Å². The van der Waals surface area contributed by atoms with Crippen LogP contribution in [-0.4, -0.2) is 21.7 Å². The third kappa shape index (κ3) is 5.18. The molecule has 168 valence electrons. The lowest BCUT2D eigenvalue weighted by atomic mass is 10.1. The smallest absolute Gasteiger partial charge is 0.344 e. The maximum Gasteiger partial charge on any atom is 0.344 e. The second-order valence-electron chi connectivity index (χ2n) is 7.34. The number of hydrogen-bond donors (Lipinski definition) is 1. The molecule has 3 rings (SSSR count). The van der Waals surface area contributed by atoms with Crippen molar-refractivity contribution in [1.82, 2.24) is 0 Å². The number of anilines is 1. The molecular formula is C23H19N3O7. The third-order valence-electron chi connectivity index (χ3n) is 4.94. The van der Waals surface area contributed by atoms with Crippen LogP contribution in [0.25, 0.3) is 0 Å². The number of nitro benzene ring substituents is 2. The predicted octanol–water partition coefficient (Wildman–Crippen LogP) is 4.90. The van der Waals surface area contributed by atoms with Gasteiger partial charge in [-0.2, -0.15) is 0 Å². The van der Waals surface area contributed by atoms with Gasteiger partial charge < -0.3 is 10.1 Å². The second kappa shape index (κ2) is 9.27. The van der Waals surface area contributed by atoms with E-state index in [2.05, 4.69) is 5.32 Å². The summed E-state index contributed by atoms with van der Waals surface area (Å²) in [5.74, 6) is -1.30. The lowest BCUT2D eigenvalue weighted by Gasteiger charge is -2.10. The Balaban J connectivity index is 1.77. The largest absolute Gasteiger partial charge is 0.423 e. The topological polar surface area (TPSA) is 142 Å². The van der Waals surface area contributed by atoms with Crippen LogP contribution in [0.5, 0.6) is 5.75 Å². The molecule has 0 fully saturated rings. The molecule has 0 radical (unpaired) electrons. The Morgan fingerprint density at radius 3 is 1.91 bits per heavy atom. The molecule has 0 aromatic heterocycles. The standard InChI is InChI=1S/C23H19N3O7/c1-13-4-9-19(14(2)10-13)24-22(27)16-5-7-18(8-6-16)33-23(28)17-11-20(25(29)30)15(3)21(12-17)26(31)32/h4-12H,1-3H3,(H,24,27). The van der Waals surface area contributed by atoms with Gasteiger partial charge in [0.2, 0.25) is 0 Å². The van der Waals surface area contributed by atoms with Gasteiger partial charge in [-0.05, 0) is 56.7 Å². The number of aryl methyl sites for hydroxylation is 2. The lowest BCUT2D eigenvalue weighted by Crippen LogP contribution is -2.13. The number of amides is 1. The van der Waals surface area contributed by atoms with Crippen LogP contribution < -0.4 is 10.1 Å². The number of esters is 1. The van der Waals surface area contributed by atoms with E-state index >= 15 is 0 Å². The van der Waals surface area contributed by atoms with Crippen molar-refractivity contribution in [2.45, 2.75) is 20.8 Å². The van der Waals surface area contributed by atoms with E-state index in [1.165, 1.54) is 31.2 Å². The van der Waals surface area contributed by atoms with E-state index in [1.54, 1.807) is 6.07 Å². The van der Waals surface area contributed by atoms with Gasteiger partial charge in [-0.25, -0.2) is 4.79 Å². The molecule has 0 saturated carbocycles. The van der Waals surface area contributed by atoms with Crippen LogP contribution in [0.1, 0.15) is 37.4 Å². The monoisotopic (exact) mass is 449 g/mol. The van der Waals surface area contributed by atoms with Crippen LogP contribution in [0.2, 0.25) is 0 Å². The first-order valence-electron chi connectivity index (χ1n) is 9.71. The summed E-state index contributed by atoms with van der Waals surface area (Å²) in [6.07, 6.45) is 0. The molecule has 0 spiro atoms. The summed E-state index contributed by atoms with van der Waals surface area (Å²) < 4.78 is 5.18. The fourth-order valence-corrected chi connectivity index (χ4v) is 3.17. The normalized spacial score (nSPS) is 10.4. The number of ether oxygens (including phenoxy) is 1. The highest BCUT2D eigenvalue weighted by Gasteiger charge is 2.26. The molecule has 0 bridgehead atoms. The number of hydrogen-bond acceptors (Lipinski definition) is 7. The van der Waals surface area contributed by atoms with Crippen LogP contribution in [0.15, 0.2) is 54.6 Å². The van der Waals surface area contributed by atoms with Gasteiger partial charge in [0.15, 0.2) is 0 Å². The number of benzene rings is 3. The summed E-state index contributed by atoms with van der Waals surface area (Å²) in [7, 11) is 0. The highest BCUT2D eigenvalue weighted by molar-refractivity contribution is 6.04. The van der Waals surface area contributed by atoms with Crippen molar-refractivity contribution in [2.24, 2.45) is 0 Å². The minimum absolute atomic E-state index is 0.0638. The fourth-order valence-electron chi connectivity index (χ4n) is 3.17. The highest BCUT2D eigenvalue weighted by Crippen LogP contribution is 2.30. The molecule has 0 aliphatic carbocycles. The van der Waals surface area contributed by atoms with E-state index in [0.29, 0.717) is 11.3 Å². The summed E-state index contributed by atoms with van der Waals surface area (Å²) in [4.78, 5) is 45.7. The molecule has 0 heterocycles. The van der Waals surface area contributed by atoms with Crippen LogP contribution in [0, 0.1) is 41.0 Å². The average Bonchev–Trinajstić information content (AvgIpc) is 2.75. The van der Waals surface area contributed by atoms with E-state index in [4.69, 9.17) is 4.74 Å². The molecule has 0 aliphatic heterocycles. The van der Waals surface area contributed by atoms with Gasteiger partial charge in [0.05, 0.1) is 15.4 Å². The van der Waals surface area contributed by atoms with E-state index in [0.717, 1.165) is 23.3 Å². The third-order valence-corrected chi connectivity index (χ3v) is 4.94. The highest BCUT2D eigenvalue weighted by atomic mass is 16.6. The Kier molecular flexibility index (Phi) is 6.48. The van der Waals surface area contributed by atoms with Crippen LogP contribution >= 0.6 is 0 Å². The van der Waals surface area contributed by atoms with Crippen LogP contribution in [0.4, 0.5) is 17.1 Å². The Labute approximate surface area is 188 Å². The van der Waals surface area contributed by atoms with E-state index in [-0.39, 0.29) is 22.8 Å². The van der Waals surface area contributed by atoms with Crippen molar-refractivity contribution < 1.29 is 24.2 Å². The first kappa shape index (κ1) is 23.1. The second-order valence-corrected chi connectivity index (χ2v) is 7.34. The van der Waals surface area contributed by atoms with Gasteiger partial charge in [0.1, 0.15) is 11.3 Å². The van der Waals surface area contributed by atoms with E-state index in [9.17, 15) is 29.8 Å². The molecular weight excluding hydrogens is 430 g/mol. The van der Waals surface area contributed by atoms with Crippen molar-refractivity contribution in [3.05, 3.63) is 103 Å². The SMILES string of the molecule is Cc1ccc(NC(=O)c2ccc(OC(=O)c3cc([N+](=O)[O-])c(C)c([N+](=O)[O-])c3)cc2)c(C)c1. The summed E-state index contributed by atoms with van der Waals surface area (Å²) in [5, 5.41) is 25.2. The molecule has 0 saturated heterocycles. The summed E-state index contributed by atoms with van der Waals surface area (Å²) in [5.41, 5.74) is 1.34. The minimum Gasteiger partial charge on any atom is -0.423 e. The summed E-state index contributed by atoms with van der Waals surface area (Å²) in [6.45, 7) is 5.06. The number of rotatable bonds is 6. The zero-order valence-corrected chi connectivity index (χ0v) is 17.9. The van der Waals surface area contributed by atoms with Gasteiger partial charge in [0, 0.05) is 23.4 Å². The molecule has 1 N–H and O–H groups in total. The van der Waals surface area contributed by atoms with Crippen LogP contribution in [0.3, 0.4) is 0 Å². The molecule has 1 amide bonds. The Morgan fingerprint density at radius 1 is 0.818 bits per heavy atom. The first-order valence-corrected chi connectivity index (χ1v) is 9.71. The molecule has 33 heavy (non-hydrogen) atoms. The Hall–Kier alpha value is -4.60. The van der Waals surface area contributed by atoms with Gasteiger partial charge in [-0.15, -0.1) is 0 Å². The van der Waals surface area contributed by atoms with Gasteiger partial charge in [-0.1, -0.05) is 17.7 Å². The van der Waals surface area contributed by atoms with E-state index < -0.39 is 27.2 Å². The Morgan fingerprint density at radius 2 is 1.39 bits per heavy atom. The number of nitrogens with one attached hydrogen (secondary N) is 1. The van der Waals surface area contributed by atoms with Crippen molar-refractivity contribution in [2.75, 3.05) is 5.32 Å². The lowest BCUT2D eigenvalue weighted by molar-refractivity contribution is -0.395. The molecule has 0 unspecified atom stereocenters. The quantitative estimate of drug-likeness (QED) is 0.244. The zero-order chi connectivity index (χ0) is 24.3. The van der Waals surface area contributed by atoms with Crippen molar-refractivity contribution in [3.8, 4) is 5.75 Å². The van der Waals surface area contributed by atoms with Gasteiger partial charge in [-0.3, -0.25) is 25.0 Å². The average molecular weight is 449 g/mol. The van der Waals surface area contributed by atoms with Gasteiger partial charge >= 0.3 is 5.97 Å². The van der Waals surface area contributed by atoms with Crippen molar-refractivity contribution in [1.29, 1.82) is 0 Å². The Bertz CT molecular complexity index is 1250.